The molecule has 1 saturated carbocycles. The van der Waals surface area contributed by atoms with Crippen molar-refractivity contribution in [1.82, 2.24) is 5.32 Å². The van der Waals surface area contributed by atoms with Gasteiger partial charge in [-0.15, -0.1) is 0 Å². The van der Waals surface area contributed by atoms with E-state index in [2.05, 4.69) is 11.4 Å². The minimum Gasteiger partial charge on any atom is -0.336 e. The van der Waals surface area contributed by atoms with Crippen LogP contribution in [-0.2, 0) is 4.79 Å². The largest absolute Gasteiger partial charge is 0.336 e. The Kier molecular flexibility index (Phi) is 4.35. The number of nitrogens with one attached hydrogen (secondary N) is 1. The van der Waals surface area contributed by atoms with Gasteiger partial charge in [-0.3, -0.25) is 4.79 Å². The van der Waals surface area contributed by atoms with Gasteiger partial charge in [0.2, 0.25) is 5.91 Å². The molecule has 1 amide bonds. The van der Waals surface area contributed by atoms with Gasteiger partial charge in [-0.2, -0.15) is 5.26 Å². The molecule has 1 N–H and O–H groups in total. The second-order valence-corrected chi connectivity index (χ2v) is 4.82. The third-order valence-corrected chi connectivity index (χ3v) is 3.52. The number of nitriles is 1. The SMILES string of the molecule is N#CC(NC(=O)C1CCCCC1)c1ccccc1. The molecular weight excluding hydrogens is 224 g/mol. The number of carbonyl (C=O) groups excluding carboxylic acids is 1. The fraction of sp³-hybridized carbons (Fsp3) is 0.467. The van der Waals surface area contributed by atoms with E-state index in [1.807, 2.05) is 30.3 Å². The van der Waals surface area contributed by atoms with Crippen molar-refractivity contribution in [2.24, 2.45) is 5.92 Å². The minimum absolute atomic E-state index is 0.0325. The molecule has 94 valence electrons. The first-order chi connectivity index (χ1) is 8.81. The van der Waals surface area contributed by atoms with Crippen molar-refractivity contribution in [3.8, 4) is 6.07 Å². The Bertz CT molecular complexity index is 430. The summed E-state index contributed by atoms with van der Waals surface area (Å²) in [4.78, 5) is 12.1. The minimum atomic E-state index is -0.527. The first kappa shape index (κ1) is 12.6. The summed E-state index contributed by atoms with van der Waals surface area (Å²) in [5.41, 5.74) is 0.851. The highest BCUT2D eigenvalue weighted by Gasteiger charge is 2.23. The van der Waals surface area contributed by atoms with Gasteiger partial charge in [-0.25, -0.2) is 0 Å². The van der Waals surface area contributed by atoms with Crippen LogP contribution in [0.3, 0.4) is 0 Å². The maximum atomic E-state index is 12.1. The predicted octanol–water partition coefficient (Wildman–Crippen LogP) is 2.95. The molecular formula is C15H18N2O. The van der Waals surface area contributed by atoms with E-state index in [1.165, 1.54) is 6.42 Å². The average molecular weight is 242 g/mol. The van der Waals surface area contributed by atoms with Crippen LogP contribution in [0.5, 0.6) is 0 Å². The molecule has 0 aliphatic heterocycles. The van der Waals surface area contributed by atoms with Gasteiger partial charge in [0.15, 0.2) is 0 Å². The van der Waals surface area contributed by atoms with Crippen molar-refractivity contribution in [2.75, 3.05) is 0 Å². The quantitative estimate of drug-likeness (QED) is 0.886. The van der Waals surface area contributed by atoms with Crippen molar-refractivity contribution < 1.29 is 4.79 Å². The van der Waals surface area contributed by atoms with Gasteiger partial charge in [0, 0.05) is 5.92 Å². The molecule has 3 nitrogen and oxygen atoms in total. The molecule has 1 atom stereocenters. The van der Waals surface area contributed by atoms with E-state index in [0.717, 1.165) is 31.2 Å². The van der Waals surface area contributed by atoms with Crippen LogP contribution in [0.15, 0.2) is 30.3 Å². The summed E-state index contributed by atoms with van der Waals surface area (Å²) in [6.45, 7) is 0. The second-order valence-electron chi connectivity index (χ2n) is 4.82. The Morgan fingerprint density at radius 1 is 1.22 bits per heavy atom. The van der Waals surface area contributed by atoms with E-state index in [-0.39, 0.29) is 11.8 Å². The van der Waals surface area contributed by atoms with Crippen LogP contribution < -0.4 is 5.32 Å². The molecule has 0 spiro atoms. The second kappa shape index (κ2) is 6.20. The first-order valence-electron chi connectivity index (χ1n) is 6.56. The third-order valence-electron chi connectivity index (χ3n) is 3.52. The van der Waals surface area contributed by atoms with Crippen LogP contribution in [-0.4, -0.2) is 5.91 Å². The van der Waals surface area contributed by atoms with Crippen molar-refractivity contribution in [1.29, 1.82) is 5.26 Å². The van der Waals surface area contributed by atoms with E-state index < -0.39 is 6.04 Å². The molecule has 0 radical (unpaired) electrons. The van der Waals surface area contributed by atoms with Gasteiger partial charge >= 0.3 is 0 Å². The maximum absolute atomic E-state index is 12.1. The van der Waals surface area contributed by atoms with Crippen LogP contribution in [0.4, 0.5) is 0 Å². The topological polar surface area (TPSA) is 52.9 Å². The lowest BCUT2D eigenvalue weighted by Crippen LogP contribution is -2.34. The van der Waals surface area contributed by atoms with E-state index in [0.29, 0.717) is 0 Å². The molecule has 0 saturated heterocycles. The lowest BCUT2D eigenvalue weighted by atomic mass is 9.88. The Balaban J connectivity index is 1.98. The Morgan fingerprint density at radius 2 is 1.89 bits per heavy atom. The summed E-state index contributed by atoms with van der Waals surface area (Å²) >= 11 is 0. The van der Waals surface area contributed by atoms with E-state index >= 15 is 0 Å². The molecule has 1 unspecified atom stereocenters. The summed E-state index contributed by atoms with van der Waals surface area (Å²) in [7, 11) is 0. The van der Waals surface area contributed by atoms with Crippen LogP contribution in [0.2, 0.25) is 0 Å². The fourth-order valence-corrected chi connectivity index (χ4v) is 2.46. The summed E-state index contributed by atoms with van der Waals surface area (Å²) in [6.07, 6.45) is 5.39. The first-order valence-corrected chi connectivity index (χ1v) is 6.56. The predicted molar refractivity (Wildman–Crippen MR) is 69.5 cm³/mol. The van der Waals surface area contributed by atoms with Gasteiger partial charge in [0.25, 0.3) is 0 Å². The van der Waals surface area contributed by atoms with Gasteiger partial charge in [0.05, 0.1) is 6.07 Å². The zero-order valence-electron chi connectivity index (χ0n) is 10.4. The average Bonchev–Trinajstić information content (AvgIpc) is 2.46. The van der Waals surface area contributed by atoms with E-state index in [4.69, 9.17) is 5.26 Å². The van der Waals surface area contributed by atoms with Crippen LogP contribution in [0.25, 0.3) is 0 Å². The smallest absolute Gasteiger partial charge is 0.224 e. The van der Waals surface area contributed by atoms with Crippen molar-refractivity contribution >= 4 is 5.91 Å². The molecule has 1 aromatic rings. The van der Waals surface area contributed by atoms with E-state index in [1.54, 1.807) is 0 Å². The molecule has 1 aromatic carbocycles. The molecule has 0 heterocycles. The lowest BCUT2D eigenvalue weighted by molar-refractivity contribution is -0.126. The van der Waals surface area contributed by atoms with Crippen LogP contribution in [0.1, 0.15) is 43.7 Å². The number of hydrogen-bond acceptors (Lipinski definition) is 2. The summed E-state index contributed by atoms with van der Waals surface area (Å²) in [6, 6.07) is 11.0. The van der Waals surface area contributed by atoms with Crippen molar-refractivity contribution in [2.45, 2.75) is 38.1 Å². The van der Waals surface area contributed by atoms with Crippen molar-refractivity contribution in [3.63, 3.8) is 0 Å². The van der Waals surface area contributed by atoms with Crippen LogP contribution in [0, 0.1) is 17.2 Å². The Labute approximate surface area is 108 Å². The highest BCUT2D eigenvalue weighted by atomic mass is 16.1. The highest BCUT2D eigenvalue weighted by molar-refractivity contribution is 5.79. The molecule has 0 aromatic heterocycles. The zero-order valence-corrected chi connectivity index (χ0v) is 10.4. The number of carbonyl (C=O) groups is 1. The molecule has 18 heavy (non-hydrogen) atoms. The molecule has 0 bridgehead atoms. The number of nitrogens with zero attached hydrogens (tertiary/aromatic N) is 1. The van der Waals surface area contributed by atoms with Crippen molar-refractivity contribution in [3.05, 3.63) is 35.9 Å². The molecule has 1 aliphatic rings. The number of hydrogen-bond donors (Lipinski definition) is 1. The highest BCUT2D eigenvalue weighted by Crippen LogP contribution is 2.24. The molecule has 1 aliphatic carbocycles. The van der Waals surface area contributed by atoms with Gasteiger partial charge in [0.1, 0.15) is 6.04 Å². The monoisotopic (exact) mass is 242 g/mol. The summed E-state index contributed by atoms with van der Waals surface area (Å²) in [5.74, 6) is 0.128. The fourth-order valence-electron chi connectivity index (χ4n) is 2.46. The van der Waals surface area contributed by atoms with Gasteiger partial charge in [-0.1, -0.05) is 49.6 Å². The maximum Gasteiger partial charge on any atom is 0.224 e. The zero-order chi connectivity index (χ0) is 12.8. The third kappa shape index (κ3) is 3.10. The molecule has 2 rings (SSSR count). The Hall–Kier alpha value is -1.82. The standard InChI is InChI=1S/C15H18N2O/c16-11-14(12-7-3-1-4-8-12)17-15(18)13-9-5-2-6-10-13/h1,3-4,7-8,13-14H,2,5-6,9-10H2,(H,17,18). The summed E-state index contributed by atoms with van der Waals surface area (Å²) < 4.78 is 0. The number of benzene rings is 1. The molecule has 3 heteroatoms. The molecule has 1 fully saturated rings. The Morgan fingerprint density at radius 3 is 2.50 bits per heavy atom. The number of rotatable bonds is 3. The van der Waals surface area contributed by atoms with E-state index in [9.17, 15) is 4.79 Å². The normalized spacial score (nSPS) is 17.7. The van der Waals surface area contributed by atoms with Crippen LogP contribution >= 0.6 is 0 Å². The number of amides is 1. The van der Waals surface area contributed by atoms with Gasteiger partial charge in [-0.05, 0) is 18.4 Å². The van der Waals surface area contributed by atoms with Gasteiger partial charge < -0.3 is 5.32 Å². The summed E-state index contributed by atoms with van der Waals surface area (Å²) in [5, 5.41) is 12.0. The lowest BCUT2D eigenvalue weighted by Gasteiger charge is -2.22.